The molecule has 0 radical (unpaired) electrons. The van der Waals surface area contributed by atoms with Crippen LogP contribution in [-0.4, -0.2) is 43.0 Å². The molecule has 0 aliphatic carbocycles. The number of likely N-dealkylation sites (tertiary alicyclic amines) is 1. The molecule has 2 aliphatic heterocycles. The van der Waals surface area contributed by atoms with E-state index < -0.39 is 0 Å². The van der Waals surface area contributed by atoms with E-state index in [0.29, 0.717) is 12.0 Å². The van der Waals surface area contributed by atoms with Gasteiger partial charge in [0.15, 0.2) is 0 Å². The predicted octanol–water partition coefficient (Wildman–Crippen LogP) is 3.51. The highest BCUT2D eigenvalue weighted by Crippen LogP contribution is 2.30. The van der Waals surface area contributed by atoms with E-state index >= 15 is 0 Å². The number of para-hydroxylation sites is 2. The van der Waals surface area contributed by atoms with Gasteiger partial charge in [-0.3, -0.25) is 19.4 Å². The van der Waals surface area contributed by atoms with E-state index in [2.05, 4.69) is 4.90 Å². The molecule has 0 saturated carbocycles. The van der Waals surface area contributed by atoms with Crippen molar-refractivity contribution in [2.75, 3.05) is 36.1 Å². The number of hydrogen-bond acceptors (Lipinski definition) is 3. The van der Waals surface area contributed by atoms with Crippen LogP contribution in [-0.2, 0) is 4.79 Å². The lowest BCUT2D eigenvalue weighted by Gasteiger charge is -2.37. The molecule has 2 aliphatic rings. The zero-order valence-corrected chi connectivity index (χ0v) is 15.5. The maximum atomic E-state index is 13.0. The summed E-state index contributed by atoms with van der Waals surface area (Å²) in [5.74, 6) is 0.0123. The quantitative estimate of drug-likeness (QED) is 0.835. The monoisotopic (exact) mass is 363 g/mol. The molecular formula is C22H25N3O2. The zero-order valence-electron chi connectivity index (χ0n) is 15.5. The largest absolute Gasteiger partial charge is 0.303 e. The van der Waals surface area contributed by atoms with Gasteiger partial charge in [0.25, 0.3) is 5.91 Å². The minimum atomic E-state index is -0.0584. The Balaban J connectivity index is 1.56. The second kappa shape index (κ2) is 7.92. The number of anilines is 2. The van der Waals surface area contributed by atoms with E-state index in [0.717, 1.165) is 31.0 Å². The van der Waals surface area contributed by atoms with Crippen LogP contribution in [0.25, 0.3) is 0 Å². The minimum Gasteiger partial charge on any atom is -0.303 e. The summed E-state index contributed by atoms with van der Waals surface area (Å²) in [6, 6.07) is 17.0. The first-order chi connectivity index (χ1) is 13.2. The molecule has 1 fully saturated rings. The van der Waals surface area contributed by atoms with Crippen LogP contribution in [0, 0.1) is 0 Å². The first kappa shape index (κ1) is 17.7. The van der Waals surface area contributed by atoms with Crippen LogP contribution < -0.4 is 9.80 Å². The molecule has 0 spiro atoms. The summed E-state index contributed by atoms with van der Waals surface area (Å²) in [6.45, 7) is 3.21. The third-order valence-corrected chi connectivity index (χ3v) is 5.41. The lowest BCUT2D eigenvalue weighted by atomic mass is 10.1. The van der Waals surface area contributed by atoms with E-state index in [1.54, 1.807) is 15.9 Å². The van der Waals surface area contributed by atoms with Crippen molar-refractivity contribution in [3.05, 3.63) is 60.2 Å². The molecule has 140 valence electrons. The third kappa shape index (κ3) is 3.74. The summed E-state index contributed by atoms with van der Waals surface area (Å²) in [6.07, 6.45) is 4.21. The number of fused-ring (bicyclic) bond motifs is 1. The van der Waals surface area contributed by atoms with E-state index in [9.17, 15) is 9.59 Å². The topological polar surface area (TPSA) is 43.9 Å². The molecule has 0 atom stereocenters. The van der Waals surface area contributed by atoms with E-state index in [1.807, 2.05) is 48.5 Å². The molecule has 5 heteroatoms. The Morgan fingerprint density at radius 3 is 2.37 bits per heavy atom. The highest BCUT2D eigenvalue weighted by molar-refractivity contribution is 6.15. The number of benzene rings is 2. The van der Waals surface area contributed by atoms with Crippen LogP contribution >= 0.6 is 0 Å². The normalized spacial score (nSPS) is 17.7. The van der Waals surface area contributed by atoms with Crippen molar-refractivity contribution in [3.8, 4) is 0 Å². The first-order valence-corrected chi connectivity index (χ1v) is 9.73. The molecule has 2 amide bonds. The number of rotatable bonds is 4. The molecule has 4 rings (SSSR count). The summed E-state index contributed by atoms with van der Waals surface area (Å²) in [7, 11) is 0. The highest BCUT2D eigenvalue weighted by atomic mass is 16.2. The van der Waals surface area contributed by atoms with Crippen molar-refractivity contribution in [1.29, 1.82) is 0 Å². The zero-order chi connectivity index (χ0) is 18.6. The fraction of sp³-hybridized carbons (Fsp3) is 0.364. The van der Waals surface area contributed by atoms with E-state index in [-0.39, 0.29) is 18.5 Å². The average molecular weight is 363 g/mol. The van der Waals surface area contributed by atoms with Gasteiger partial charge >= 0.3 is 0 Å². The van der Waals surface area contributed by atoms with Gasteiger partial charge in [0, 0.05) is 18.7 Å². The molecule has 1 saturated heterocycles. The summed E-state index contributed by atoms with van der Waals surface area (Å²) in [5.41, 5.74) is 2.11. The van der Waals surface area contributed by atoms with Crippen LogP contribution in [0.2, 0.25) is 0 Å². The van der Waals surface area contributed by atoms with Crippen molar-refractivity contribution in [1.82, 2.24) is 4.90 Å². The van der Waals surface area contributed by atoms with Crippen molar-refractivity contribution in [2.45, 2.75) is 25.7 Å². The first-order valence-electron chi connectivity index (χ1n) is 9.73. The molecule has 0 aromatic heterocycles. The minimum absolute atomic E-state index is 0.0584. The van der Waals surface area contributed by atoms with Gasteiger partial charge in [-0.15, -0.1) is 0 Å². The fourth-order valence-electron chi connectivity index (χ4n) is 3.91. The molecule has 2 aromatic carbocycles. The fourth-order valence-corrected chi connectivity index (χ4v) is 3.91. The van der Waals surface area contributed by atoms with Gasteiger partial charge in [0.05, 0.1) is 11.3 Å². The van der Waals surface area contributed by atoms with Gasteiger partial charge in [0.1, 0.15) is 6.67 Å². The maximum Gasteiger partial charge on any atom is 0.261 e. The number of carbonyl (C=O) groups excluding carboxylic acids is 2. The molecule has 0 N–H and O–H groups in total. The Morgan fingerprint density at radius 2 is 1.59 bits per heavy atom. The molecule has 0 bridgehead atoms. The SMILES string of the molecule is O=C1c2ccccc2N(C(=O)CCN2CCCCC2)CN1c1ccccc1. The summed E-state index contributed by atoms with van der Waals surface area (Å²) >= 11 is 0. The number of carbonyl (C=O) groups is 2. The lowest BCUT2D eigenvalue weighted by molar-refractivity contribution is -0.119. The Morgan fingerprint density at radius 1 is 0.889 bits per heavy atom. The van der Waals surface area contributed by atoms with Gasteiger partial charge in [-0.25, -0.2) is 0 Å². The smallest absolute Gasteiger partial charge is 0.261 e. The molecule has 0 unspecified atom stereocenters. The number of nitrogens with zero attached hydrogens (tertiary/aromatic N) is 3. The summed E-state index contributed by atoms with van der Waals surface area (Å²) in [4.78, 5) is 31.8. The second-order valence-corrected chi connectivity index (χ2v) is 7.20. The predicted molar refractivity (Wildman–Crippen MR) is 107 cm³/mol. The Labute approximate surface area is 160 Å². The summed E-state index contributed by atoms with van der Waals surface area (Å²) < 4.78 is 0. The molecule has 27 heavy (non-hydrogen) atoms. The van der Waals surface area contributed by atoms with Crippen molar-refractivity contribution < 1.29 is 9.59 Å². The molecule has 5 nitrogen and oxygen atoms in total. The number of amides is 2. The van der Waals surface area contributed by atoms with Gasteiger partial charge < -0.3 is 4.90 Å². The molecule has 2 aromatic rings. The number of hydrogen-bond donors (Lipinski definition) is 0. The standard InChI is InChI=1S/C22H25N3O2/c26-21(13-16-23-14-7-2-8-15-23)25-17-24(18-9-3-1-4-10-18)22(27)19-11-5-6-12-20(19)25/h1,3-6,9-12H,2,7-8,13-17H2. The Hall–Kier alpha value is -2.66. The lowest BCUT2D eigenvalue weighted by Crippen LogP contribution is -2.50. The van der Waals surface area contributed by atoms with Gasteiger partial charge in [-0.2, -0.15) is 0 Å². The van der Waals surface area contributed by atoms with Crippen LogP contribution in [0.3, 0.4) is 0 Å². The second-order valence-electron chi connectivity index (χ2n) is 7.20. The molecular weight excluding hydrogens is 338 g/mol. The van der Waals surface area contributed by atoms with E-state index in [4.69, 9.17) is 0 Å². The van der Waals surface area contributed by atoms with E-state index in [1.165, 1.54) is 19.3 Å². The van der Waals surface area contributed by atoms with Crippen LogP contribution in [0.1, 0.15) is 36.0 Å². The van der Waals surface area contributed by atoms with Gasteiger partial charge in [-0.1, -0.05) is 36.8 Å². The molecule has 2 heterocycles. The highest BCUT2D eigenvalue weighted by Gasteiger charge is 2.33. The van der Waals surface area contributed by atoms with Crippen molar-refractivity contribution >= 4 is 23.2 Å². The Bertz CT molecular complexity index is 815. The number of piperidine rings is 1. The van der Waals surface area contributed by atoms with Crippen molar-refractivity contribution in [2.24, 2.45) is 0 Å². The maximum absolute atomic E-state index is 13.0. The van der Waals surface area contributed by atoms with Crippen molar-refractivity contribution in [3.63, 3.8) is 0 Å². The van der Waals surface area contributed by atoms with Crippen LogP contribution in [0.15, 0.2) is 54.6 Å². The third-order valence-electron chi connectivity index (χ3n) is 5.41. The average Bonchev–Trinajstić information content (AvgIpc) is 2.74. The van der Waals surface area contributed by atoms with Crippen LogP contribution in [0.4, 0.5) is 11.4 Å². The van der Waals surface area contributed by atoms with Gasteiger partial charge in [-0.05, 0) is 50.2 Å². The van der Waals surface area contributed by atoms with Crippen LogP contribution in [0.5, 0.6) is 0 Å². The Kier molecular flexibility index (Phi) is 5.21. The van der Waals surface area contributed by atoms with Gasteiger partial charge in [0.2, 0.25) is 5.91 Å². The summed E-state index contributed by atoms with van der Waals surface area (Å²) in [5, 5.41) is 0.